The van der Waals surface area contributed by atoms with E-state index in [0.29, 0.717) is 17.3 Å². The van der Waals surface area contributed by atoms with Crippen molar-refractivity contribution in [1.82, 2.24) is 20.4 Å². The minimum Gasteiger partial charge on any atom is -0.366 e. The van der Waals surface area contributed by atoms with Gasteiger partial charge in [0.15, 0.2) is 0 Å². The predicted molar refractivity (Wildman–Crippen MR) is 75.1 cm³/mol. The van der Waals surface area contributed by atoms with Crippen LogP contribution in [0.5, 0.6) is 0 Å². The molecule has 1 amide bonds. The lowest BCUT2D eigenvalue weighted by Gasteiger charge is -2.13. The first-order chi connectivity index (χ1) is 10.9. The molecule has 0 bridgehead atoms. The molecule has 0 aliphatic rings. The van der Waals surface area contributed by atoms with Crippen molar-refractivity contribution >= 4 is 5.91 Å². The van der Waals surface area contributed by atoms with Gasteiger partial charge in [-0.3, -0.25) is 15.0 Å². The van der Waals surface area contributed by atoms with E-state index in [4.69, 9.17) is 5.73 Å². The molecule has 0 saturated carbocycles. The van der Waals surface area contributed by atoms with Crippen molar-refractivity contribution in [1.29, 1.82) is 0 Å². The lowest BCUT2D eigenvalue weighted by Crippen LogP contribution is -2.14. The fourth-order valence-corrected chi connectivity index (χ4v) is 2.36. The second-order valence-corrected chi connectivity index (χ2v) is 4.74. The van der Waals surface area contributed by atoms with Gasteiger partial charge in [0.1, 0.15) is 5.56 Å². The minimum absolute atomic E-state index is 0.0335. The topological polar surface area (TPSA) is 100 Å². The van der Waals surface area contributed by atoms with E-state index in [1.54, 1.807) is 6.07 Å². The van der Waals surface area contributed by atoms with Crippen LogP contribution in [-0.4, -0.2) is 26.3 Å². The molecule has 3 aromatic rings. The predicted octanol–water partition coefficient (Wildman–Crippen LogP) is 2.58. The third-order valence-electron chi connectivity index (χ3n) is 3.33. The molecule has 0 spiro atoms. The van der Waals surface area contributed by atoms with E-state index in [1.165, 1.54) is 24.5 Å². The Bertz CT molecular complexity index is 852. The third-order valence-corrected chi connectivity index (χ3v) is 3.33. The molecule has 1 aromatic carbocycles. The van der Waals surface area contributed by atoms with Gasteiger partial charge in [-0.2, -0.15) is 23.4 Å². The monoisotopic (exact) mass is 321 g/mol. The smallest absolute Gasteiger partial charge is 0.366 e. The highest BCUT2D eigenvalue weighted by molar-refractivity contribution is 6.03. The van der Waals surface area contributed by atoms with E-state index < -0.39 is 17.6 Å². The van der Waals surface area contributed by atoms with Crippen LogP contribution in [-0.2, 0) is 6.18 Å². The van der Waals surface area contributed by atoms with Gasteiger partial charge in [-0.25, -0.2) is 0 Å². The number of alkyl halides is 3. The van der Waals surface area contributed by atoms with Gasteiger partial charge in [0, 0.05) is 22.9 Å². The van der Waals surface area contributed by atoms with Crippen LogP contribution in [0.1, 0.15) is 15.9 Å². The van der Waals surface area contributed by atoms with E-state index in [2.05, 4.69) is 20.4 Å². The number of rotatable bonds is 3. The molecule has 2 heterocycles. The van der Waals surface area contributed by atoms with Crippen LogP contribution in [0.15, 0.2) is 36.8 Å². The number of carbonyl (C=O) groups excluding carboxylic acids is 1. The summed E-state index contributed by atoms with van der Waals surface area (Å²) in [4.78, 5) is 11.7. The molecule has 2 aromatic heterocycles. The summed E-state index contributed by atoms with van der Waals surface area (Å²) in [6.07, 6.45) is -1.01. The summed E-state index contributed by atoms with van der Waals surface area (Å²) < 4.78 is 39.5. The number of nitrogens with one attached hydrogen (secondary N) is 2. The summed E-state index contributed by atoms with van der Waals surface area (Å²) in [5.41, 5.74) is 4.92. The number of carbonyl (C=O) groups is 1. The molecule has 118 valence electrons. The number of nitrogens with two attached hydrogens (primary N) is 1. The van der Waals surface area contributed by atoms with E-state index in [0.717, 1.165) is 0 Å². The third kappa shape index (κ3) is 2.56. The molecular weight excluding hydrogens is 311 g/mol. The van der Waals surface area contributed by atoms with E-state index in [-0.39, 0.29) is 16.8 Å². The van der Waals surface area contributed by atoms with Crippen LogP contribution < -0.4 is 5.73 Å². The molecule has 0 aliphatic carbocycles. The number of aromatic nitrogens is 4. The van der Waals surface area contributed by atoms with E-state index >= 15 is 0 Å². The molecule has 23 heavy (non-hydrogen) atoms. The zero-order chi connectivity index (χ0) is 16.6. The number of hydrogen-bond donors (Lipinski definition) is 3. The molecule has 9 heteroatoms. The van der Waals surface area contributed by atoms with Crippen LogP contribution in [0.2, 0.25) is 0 Å². The second kappa shape index (κ2) is 5.27. The van der Waals surface area contributed by atoms with E-state index in [9.17, 15) is 18.0 Å². The van der Waals surface area contributed by atoms with Crippen molar-refractivity contribution in [2.24, 2.45) is 5.73 Å². The standard InChI is InChI=1S/C14H10F3N5O/c15-14(16,17)10-6-21-22-12(10)11-8(7-4-19-20-5-7)2-1-3-9(11)13(18)23/h1-6H,(H2,18,23)(H,19,20)(H,21,22). The van der Waals surface area contributed by atoms with E-state index in [1.807, 2.05) is 0 Å². The zero-order valence-corrected chi connectivity index (χ0v) is 11.5. The molecule has 0 unspecified atom stereocenters. The van der Waals surface area contributed by atoms with Gasteiger partial charge < -0.3 is 5.73 Å². The highest BCUT2D eigenvalue weighted by atomic mass is 19.4. The number of amides is 1. The average molecular weight is 321 g/mol. The maximum Gasteiger partial charge on any atom is 0.420 e. The molecule has 0 atom stereocenters. The fourth-order valence-electron chi connectivity index (χ4n) is 2.36. The Morgan fingerprint density at radius 2 is 1.96 bits per heavy atom. The first kappa shape index (κ1) is 14.8. The summed E-state index contributed by atoms with van der Waals surface area (Å²) in [6, 6.07) is 4.48. The van der Waals surface area contributed by atoms with Crippen molar-refractivity contribution in [3.8, 4) is 22.4 Å². The van der Waals surface area contributed by atoms with Crippen molar-refractivity contribution in [2.45, 2.75) is 6.18 Å². The van der Waals surface area contributed by atoms with Crippen molar-refractivity contribution in [3.05, 3.63) is 47.9 Å². The summed E-state index contributed by atoms with van der Waals surface area (Å²) in [5.74, 6) is -0.840. The van der Waals surface area contributed by atoms with Gasteiger partial charge in [-0.05, 0) is 11.6 Å². The van der Waals surface area contributed by atoms with Gasteiger partial charge in [0.2, 0.25) is 5.91 Å². The number of aromatic amines is 2. The Labute approximate surface area is 127 Å². The summed E-state index contributed by atoms with van der Waals surface area (Å²) in [7, 11) is 0. The van der Waals surface area contributed by atoms with Crippen LogP contribution in [0, 0.1) is 0 Å². The normalized spacial score (nSPS) is 11.6. The molecule has 3 rings (SSSR count). The Morgan fingerprint density at radius 1 is 1.17 bits per heavy atom. The van der Waals surface area contributed by atoms with Gasteiger partial charge in [0.25, 0.3) is 0 Å². The molecule has 0 saturated heterocycles. The lowest BCUT2D eigenvalue weighted by atomic mass is 9.92. The average Bonchev–Trinajstić information content (AvgIpc) is 3.17. The molecular formula is C14H10F3N5O. The van der Waals surface area contributed by atoms with Crippen molar-refractivity contribution in [2.75, 3.05) is 0 Å². The van der Waals surface area contributed by atoms with Crippen molar-refractivity contribution in [3.63, 3.8) is 0 Å². The van der Waals surface area contributed by atoms with Gasteiger partial charge >= 0.3 is 6.18 Å². The molecule has 0 aliphatic heterocycles. The lowest BCUT2D eigenvalue weighted by molar-refractivity contribution is -0.137. The first-order valence-electron chi connectivity index (χ1n) is 6.42. The summed E-state index contributed by atoms with van der Waals surface area (Å²) in [5, 5.41) is 12.1. The van der Waals surface area contributed by atoms with Gasteiger partial charge in [0.05, 0.1) is 18.1 Å². The summed E-state index contributed by atoms with van der Waals surface area (Å²) >= 11 is 0. The quantitative estimate of drug-likeness (QED) is 0.691. The van der Waals surface area contributed by atoms with Gasteiger partial charge in [-0.1, -0.05) is 12.1 Å². The highest BCUT2D eigenvalue weighted by Crippen LogP contribution is 2.40. The Hall–Kier alpha value is -3.10. The number of benzene rings is 1. The molecule has 0 radical (unpaired) electrons. The Balaban J connectivity index is 2.34. The highest BCUT2D eigenvalue weighted by Gasteiger charge is 2.37. The van der Waals surface area contributed by atoms with Crippen LogP contribution in [0.3, 0.4) is 0 Å². The zero-order valence-electron chi connectivity index (χ0n) is 11.5. The number of nitrogens with zero attached hydrogens (tertiary/aromatic N) is 2. The Morgan fingerprint density at radius 3 is 2.57 bits per heavy atom. The number of primary amides is 1. The maximum absolute atomic E-state index is 13.2. The first-order valence-corrected chi connectivity index (χ1v) is 6.42. The Kier molecular flexibility index (Phi) is 3.40. The SMILES string of the molecule is NC(=O)c1cccc(-c2cn[nH]c2)c1-c1[nH]ncc1C(F)(F)F. The van der Waals surface area contributed by atoms with Crippen molar-refractivity contribution < 1.29 is 18.0 Å². The summed E-state index contributed by atoms with van der Waals surface area (Å²) in [6.45, 7) is 0. The second-order valence-electron chi connectivity index (χ2n) is 4.74. The number of hydrogen-bond acceptors (Lipinski definition) is 3. The molecule has 4 N–H and O–H groups in total. The molecule has 6 nitrogen and oxygen atoms in total. The van der Waals surface area contributed by atoms with Crippen LogP contribution in [0.25, 0.3) is 22.4 Å². The van der Waals surface area contributed by atoms with Crippen LogP contribution >= 0.6 is 0 Å². The largest absolute Gasteiger partial charge is 0.420 e. The number of halogens is 3. The fraction of sp³-hybridized carbons (Fsp3) is 0.0714. The van der Waals surface area contributed by atoms with Gasteiger partial charge in [-0.15, -0.1) is 0 Å². The maximum atomic E-state index is 13.2. The number of H-pyrrole nitrogens is 2. The molecule has 0 fully saturated rings. The van der Waals surface area contributed by atoms with Crippen LogP contribution in [0.4, 0.5) is 13.2 Å². The minimum atomic E-state index is -4.62.